The number of nitro groups is 1. The Morgan fingerprint density at radius 2 is 1.88 bits per heavy atom. The zero-order valence-corrected chi connectivity index (χ0v) is 15.2. The molecule has 0 spiro atoms. The molecule has 0 amide bonds. The predicted octanol–water partition coefficient (Wildman–Crippen LogP) is 2.06. The Morgan fingerprint density at radius 1 is 1.12 bits per heavy atom. The number of rotatable bonds is 10. The van der Waals surface area contributed by atoms with Crippen LogP contribution in [0.2, 0.25) is 0 Å². The molecule has 0 aliphatic carbocycles. The van der Waals surface area contributed by atoms with E-state index in [2.05, 4.69) is 10.0 Å². The van der Waals surface area contributed by atoms with Crippen LogP contribution in [0.15, 0.2) is 53.4 Å². The van der Waals surface area contributed by atoms with Crippen LogP contribution in [0.4, 0.5) is 5.69 Å². The number of non-ortho nitro benzene ring substituents is 1. The zero-order chi connectivity index (χ0) is 19.0. The molecular weight excluding hydrogens is 358 g/mol. The maximum atomic E-state index is 12.2. The topological polar surface area (TPSA) is 111 Å². The highest BCUT2D eigenvalue weighted by molar-refractivity contribution is 7.89. The van der Waals surface area contributed by atoms with Gasteiger partial charge in [0.25, 0.3) is 5.69 Å². The first kappa shape index (κ1) is 19.8. The van der Waals surface area contributed by atoms with Crippen molar-refractivity contribution >= 4 is 15.7 Å². The molecule has 0 heterocycles. The molecule has 9 heteroatoms. The molecule has 0 atom stereocenters. The standard InChI is InChI=1S/C17H21N3O5S/c1-2-25-16-7-3-5-14(11-16)13-18-9-10-19-26(23,24)17-8-4-6-15(12-17)20(21)22/h3-8,11-12,18-19H,2,9-10,13H2,1H3. The van der Waals surface area contributed by atoms with Gasteiger partial charge in [0.1, 0.15) is 5.75 Å². The molecule has 0 aliphatic heterocycles. The van der Waals surface area contributed by atoms with E-state index in [1.54, 1.807) is 0 Å². The van der Waals surface area contributed by atoms with Crippen molar-refractivity contribution in [3.63, 3.8) is 0 Å². The van der Waals surface area contributed by atoms with Crippen molar-refractivity contribution in [2.45, 2.75) is 18.4 Å². The highest BCUT2D eigenvalue weighted by Gasteiger charge is 2.16. The molecule has 2 aromatic carbocycles. The highest BCUT2D eigenvalue weighted by Crippen LogP contribution is 2.17. The van der Waals surface area contributed by atoms with E-state index in [0.29, 0.717) is 19.7 Å². The molecule has 0 bridgehead atoms. The number of ether oxygens (including phenoxy) is 1. The van der Waals surface area contributed by atoms with Crippen molar-refractivity contribution in [3.8, 4) is 5.75 Å². The van der Waals surface area contributed by atoms with Crippen LogP contribution in [0.5, 0.6) is 5.75 Å². The lowest BCUT2D eigenvalue weighted by molar-refractivity contribution is -0.385. The highest BCUT2D eigenvalue weighted by atomic mass is 32.2. The molecule has 26 heavy (non-hydrogen) atoms. The van der Waals surface area contributed by atoms with Crippen molar-refractivity contribution in [3.05, 3.63) is 64.2 Å². The molecular formula is C17H21N3O5S. The van der Waals surface area contributed by atoms with E-state index in [9.17, 15) is 18.5 Å². The van der Waals surface area contributed by atoms with Gasteiger partial charge in [0, 0.05) is 31.8 Å². The normalized spacial score (nSPS) is 11.3. The average molecular weight is 379 g/mol. The van der Waals surface area contributed by atoms with Crippen molar-refractivity contribution in [1.82, 2.24) is 10.0 Å². The number of nitrogens with one attached hydrogen (secondary N) is 2. The van der Waals surface area contributed by atoms with Crippen LogP contribution in [0.3, 0.4) is 0 Å². The van der Waals surface area contributed by atoms with E-state index in [4.69, 9.17) is 4.74 Å². The largest absolute Gasteiger partial charge is 0.494 e. The lowest BCUT2D eigenvalue weighted by atomic mass is 10.2. The third-order valence-corrected chi connectivity index (χ3v) is 4.93. The van der Waals surface area contributed by atoms with Gasteiger partial charge in [0.15, 0.2) is 0 Å². The molecule has 140 valence electrons. The van der Waals surface area contributed by atoms with Gasteiger partial charge in [-0.05, 0) is 30.7 Å². The molecule has 2 aromatic rings. The number of hydrogen-bond acceptors (Lipinski definition) is 6. The first-order valence-electron chi connectivity index (χ1n) is 8.09. The summed E-state index contributed by atoms with van der Waals surface area (Å²) in [7, 11) is -3.79. The SMILES string of the molecule is CCOc1cccc(CNCCNS(=O)(=O)c2cccc([N+](=O)[O-])c2)c1. The van der Waals surface area contributed by atoms with Crippen molar-refractivity contribution in [2.75, 3.05) is 19.7 Å². The minimum Gasteiger partial charge on any atom is -0.494 e. The summed E-state index contributed by atoms with van der Waals surface area (Å²) < 4.78 is 32.2. The second-order valence-corrected chi connectivity index (χ2v) is 7.18. The van der Waals surface area contributed by atoms with Crippen LogP contribution in [0.1, 0.15) is 12.5 Å². The summed E-state index contributed by atoms with van der Waals surface area (Å²) in [5.74, 6) is 0.790. The Kier molecular flexibility index (Phi) is 7.07. The van der Waals surface area contributed by atoms with Crippen LogP contribution in [-0.2, 0) is 16.6 Å². The molecule has 0 aliphatic rings. The number of hydrogen-bond donors (Lipinski definition) is 2. The molecule has 2 N–H and O–H groups in total. The summed E-state index contributed by atoms with van der Waals surface area (Å²) in [6.45, 7) is 3.65. The summed E-state index contributed by atoms with van der Waals surface area (Å²) in [4.78, 5) is 9.99. The maximum Gasteiger partial charge on any atom is 0.270 e. The van der Waals surface area contributed by atoms with Crippen LogP contribution in [0, 0.1) is 10.1 Å². The van der Waals surface area contributed by atoms with Gasteiger partial charge in [-0.2, -0.15) is 0 Å². The summed E-state index contributed by atoms with van der Waals surface area (Å²) in [6.07, 6.45) is 0. The van der Waals surface area contributed by atoms with Gasteiger partial charge in [0.05, 0.1) is 16.4 Å². The van der Waals surface area contributed by atoms with Crippen LogP contribution < -0.4 is 14.8 Å². The minimum absolute atomic E-state index is 0.129. The predicted molar refractivity (Wildman–Crippen MR) is 97.6 cm³/mol. The summed E-state index contributed by atoms with van der Waals surface area (Å²) >= 11 is 0. The first-order chi connectivity index (χ1) is 12.4. The van der Waals surface area contributed by atoms with Crippen LogP contribution in [0.25, 0.3) is 0 Å². The average Bonchev–Trinajstić information content (AvgIpc) is 2.62. The summed E-state index contributed by atoms with van der Waals surface area (Å²) in [5, 5.41) is 13.9. The molecule has 0 saturated heterocycles. The fourth-order valence-corrected chi connectivity index (χ4v) is 3.34. The van der Waals surface area contributed by atoms with Crippen molar-refractivity contribution in [2.24, 2.45) is 0 Å². The number of nitrogens with zero attached hydrogens (tertiary/aromatic N) is 1. The maximum absolute atomic E-state index is 12.2. The van der Waals surface area contributed by atoms with Gasteiger partial charge >= 0.3 is 0 Å². The Bertz CT molecular complexity index is 855. The third kappa shape index (κ3) is 5.80. The molecule has 0 unspecified atom stereocenters. The second-order valence-electron chi connectivity index (χ2n) is 5.41. The zero-order valence-electron chi connectivity index (χ0n) is 14.3. The quantitative estimate of drug-likeness (QED) is 0.371. The monoisotopic (exact) mass is 379 g/mol. The molecule has 0 fully saturated rings. The van der Waals surface area contributed by atoms with E-state index in [0.717, 1.165) is 17.4 Å². The van der Waals surface area contributed by atoms with Gasteiger partial charge in [-0.25, -0.2) is 13.1 Å². The van der Waals surface area contributed by atoms with Gasteiger partial charge < -0.3 is 10.1 Å². The molecule has 0 aromatic heterocycles. The van der Waals surface area contributed by atoms with Gasteiger partial charge in [-0.3, -0.25) is 10.1 Å². The molecule has 0 radical (unpaired) electrons. The van der Waals surface area contributed by atoms with E-state index in [-0.39, 0.29) is 17.1 Å². The summed E-state index contributed by atoms with van der Waals surface area (Å²) in [5.41, 5.74) is 0.762. The Hall–Kier alpha value is -2.49. The molecule has 2 rings (SSSR count). The lowest BCUT2D eigenvalue weighted by Gasteiger charge is -2.09. The number of nitro benzene ring substituents is 1. The van der Waals surface area contributed by atoms with Crippen LogP contribution in [-0.4, -0.2) is 33.0 Å². The Morgan fingerprint density at radius 3 is 2.62 bits per heavy atom. The lowest BCUT2D eigenvalue weighted by Crippen LogP contribution is -2.31. The molecule has 8 nitrogen and oxygen atoms in total. The Balaban J connectivity index is 1.82. The van der Waals surface area contributed by atoms with Crippen molar-refractivity contribution in [1.29, 1.82) is 0 Å². The Labute approximate surface area is 152 Å². The number of sulfonamides is 1. The van der Waals surface area contributed by atoms with Gasteiger partial charge in [-0.15, -0.1) is 0 Å². The number of benzene rings is 2. The minimum atomic E-state index is -3.79. The van der Waals surface area contributed by atoms with Crippen LogP contribution >= 0.6 is 0 Å². The van der Waals surface area contributed by atoms with Gasteiger partial charge in [0.2, 0.25) is 10.0 Å². The van der Waals surface area contributed by atoms with E-state index in [1.807, 2.05) is 31.2 Å². The third-order valence-electron chi connectivity index (χ3n) is 3.47. The van der Waals surface area contributed by atoms with E-state index >= 15 is 0 Å². The van der Waals surface area contributed by atoms with E-state index < -0.39 is 14.9 Å². The second kappa shape index (κ2) is 9.27. The smallest absolute Gasteiger partial charge is 0.270 e. The fraction of sp³-hybridized carbons (Fsp3) is 0.294. The van der Waals surface area contributed by atoms with Gasteiger partial charge in [-0.1, -0.05) is 18.2 Å². The first-order valence-corrected chi connectivity index (χ1v) is 9.57. The fourth-order valence-electron chi connectivity index (χ4n) is 2.27. The van der Waals surface area contributed by atoms with Crippen molar-refractivity contribution < 1.29 is 18.1 Å². The van der Waals surface area contributed by atoms with E-state index in [1.165, 1.54) is 18.2 Å². The summed E-state index contributed by atoms with van der Waals surface area (Å²) in [6, 6.07) is 12.6. The molecule has 0 saturated carbocycles.